The van der Waals surface area contributed by atoms with E-state index in [1.165, 1.54) is 27.5 Å². The average molecular weight is 530 g/mol. The summed E-state index contributed by atoms with van der Waals surface area (Å²) < 4.78 is 1.24. The van der Waals surface area contributed by atoms with E-state index in [1.807, 2.05) is 31.8 Å². The topological polar surface area (TPSA) is 33.2 Å². The molecule has 0 unspecified atom stereocenters. The van der Waals surface area contributed by atoms with Gasteiger partial charge in [0, 0.05) is 15.7 Å². The van der Waals surface area contributed by atoms with Crippen molar-refractivity contribution in [1.29, 1.82) is 0 Å². The summed E-state index contributed by atoms with van der Waals surface area (Å²) in [6.07, 6.45) is 6.34. The molecule has 2 heterocycles. The van der Waals surface area contributed by atoms with E-state index in [0.717, 1.165) is 41.2 Å². The number of thioether (sulfide) groups is 1. The van der Waals surface area contributed by atoms with E-state index in [0.29, 0.717) is 17.7 Å². The van der Waals surface area contributed by atoms with Crippen LogP contribution in [0.15, 0.2) is 24.4 Å². The van der Waals surface area contributed by atoms with E-state index in [-0.39, 0.29) is 5.91 Å². The van der Waals surface area contributed by atoms with Gasteiger partial charge in [0.2, 0.25) is 0 Å². The Morgan fingerprint density at radius 1 is 1.10 bits per heavy atom. The molecule has 1 aliphatic carbocycles. The van der Waals surface area contributed by atoms with Crippen molar-refractivity contribution < 1.29 is 4.79 Å². The van der Waals surface area contributed by atoms with Gasteiger partial charge < -0.3 is 0 Å². The summed E-state index contributed by atoms with van der Waals surface area (Å²) in [4.78, 5) is 20.0. The fourth-order valence-corrected chi connectivity index (χ4v) is 5.52. The number of pyridine rings is 1. The lowest BCUT2D eigenvalue weighted by atomic mass is 10.0. The van der Waals surface area contributed by atoms with Gasteiger partial charge in [-0.1, -0.05) is 12.0 Å². The maximum absolute atomic E-state index is 13.5. The average Bonchev–Trinajstić information content (AvgIpc) is 3.56. The van der Waals surface area contributed by atoms with Crippen molar-refractivity contribution in [2.24, 2.45) is 5.92 Å². The Labute approximate surface area is 197 Å². The first-order valence-electron chi connectivity index (χ1n) is 10.6. The first kappa shape index (κ1) is 21.7. The number of nitrogens with zero attached hydrogens (tertiary/aromatic N) is 2. The summed E-state index contributed by atoms with van der Waals surface area (Å²) in [6, 6.07) is 6.48. The van der Waals surface area contributed by atoms with Crippen LogP contribution < -0.4 is 4.90 Å². The summed E-state index contributed by atoms with van der Waals surface area (Å²) in [5.41, 5.74) is 5.46. The lowest BCUT2D eigenvalue weighted by molar-refractivity contribution is -0.112. The van der Waals surface area contributed by atoms with E-state index in [2.05, 4.69) is 64.5 Å². The number of aromatic nitrogens is 1. The summed E-state index contributed by atoms with van der Waals surface area (Å²) in [6.45, 7) is 6.16. The van der Waals surface area contributed by atoms with Crippen molar-refractivity contribution in [3.8, 4) is 11.8 Å². The van der Waals surface area contributed by atoms with Gasteiger partial charge in [0.25, 0.3) is 0 Å². The molecule has 30 heavy (non-hydrogen) atoms. The number of hydrogen-bond donors (Lipinski definition) is 0. The minimum Gasteiger partial charge on any atom is -0.258 e. The number of carbonyl (C=O) groups excluding carboxylic acids is 1. The molecule has 1 saturated carbocycles. The second kappa shape index (κ2) is 9.32. The number of anilines is 2. The fraction of sp³-hybridized carbons (Fsp3) is 0.440. The maximum atomic E-state index is 13.5. The van der Waals surface area contributed by atoms with Crippen LogP contribution in [0, 0.1) is 42.1 Å². The van der Waals surface area contributed by atoms with E-state index in [1.54, 1.807) is 4.90 Å². The van der Waals surface area contributed by atoms with Crippen LogP contribution in [0.3, 0.4) is 0 Å². The van der Waals surface area contributed by atoms with Gasteiger partial charge in [-0.15, -0.1) is 0 Å². The van der Waals surface area contributed by atoms with Gasteiger partial charge in [0.1, 0.15) is 5.82 Å². The number of benzene rings is 1. The van der Waals surface area contributed by atoms with Gasteiger partial charge in [0.05, 0.1) is 5.69 Å². The van der Waals surface area contributed by atoms with E-state index < -0.39 is 0 Å². The van der Waals surface area contributed by atoms with Gasteiger partial charge in [0.15, 0.2) is 0 Å². The molecule has 0 radical (unpaired) electrons. The van der Waals surface area contributed by atoms with E-state index >= 15 is 0 Å². The largest absolute Gasteiger partial charge is 0.308 e. The Hall–Kier alpha value is -1.52. The van der Waals surface area contributed by atoms with Crippen LogP contribution >= 0.6 is 34.4 Å². The number of hydrogen-bond acceptors (Lipinski definition) is 3. The standard InChI is InChI=1S/C25H27IN2OS/c1-16-12-18(3)25(27-15-16)28(24(29)7-4-19-8-10-30-11-9-19)23-13-17(2)22(26)14-21(23)20-5-6-20/h12-15,19-20H,5-6,8-11H2,1-3H3. The number of amides is 1. The number of carbonyl (C=O) groups is 1. The van der Waals surface area contributed by atoms with Crippen LogP contribution in [-0.2, 0) is 4.79 Å². The molecule has 2 fully saturated rings. The Bertz CT molecular complexity index is 1030. The molecule has 1 aromatic carbocycles. The molecule has 3 nitrogen and oxygen atoms in total. The number of rotatable bonds is 3. The van der Waals surface area contributed by atoms with Crippen molar-refractivity contribution >= 4 is 51.8 Å². The van der Waals surface area contributed by atoms with Gasteiger partial charge in [-0.2, -0.15) is 11.8 Å². The molecule has 2 aromatic rings. The summed E-state index contributed by atoms with van der Waals surface area (Å²) in [5.74, 6) is 9.93. The van der Waals surface area contributed by atoms with Crippen LogP contribution in [-0.4, -0.2) is 22.4 Å². The highest BCUT2D eigenvalue weighted by Gasteiger charge is 2.31. The molecule has 0 atom stereocenters. The highest BCUT2D eigenvalue weighted by molar-refractivity contribution is 14.1. The zero-order valence-electron chi connectivity index (χ0n) is 17.8. The van der Waals surface area contributed by atoms with Gasteiger partial charge >= 0.3 is 5.91 Å². The van der Waals surface area contributed by atoms with Crippen molar-refractivity contribution in [3.05, 3.63) is 50.2 Å². The number of halogens is 1. The van der Waals surface area contributed by atoms with E-state index in [9.17, 15) is 4.79 Å². The molecule has 5 heteroatoms. The molecule has 1 aliphatic heterocycles. The Morgan fingerprint density at radius 2 is 1.83 bits per heavy atom. The Morgan fingerprint density at radius 3 is 2.50 bits per heavy atom. The van der Waals surface area contributed by atoms with Crippen LogP contribution in [0.5, 0.6) is 0 Å². The van der Waals surface area contributed by atoms with Crippen LogP contribution in [0.1, 0.15) is 53.9 Å². The molecular weight excluding hydrogens is 503 g/mol. The van der Waals surface area contributed by atoms with Crippen LogP contribution in [0.2, 0.25) is 0 Å². The summed E-state index contributed by atoms with van der Waals surface area (Å²) in [5, 5.41) is 0. The minimum atomic E-state index is -0.171. The third-order valence-corrected chi connectivity index (χ3v) is 7.98. The molecule has 0 N–H and O–H groups in total. The second-order valence-corrected chi connectivity index (χ2v) is 10.8. The monoisotopic (exact) mass is 530 g/mol. The predicted octanol–water partition coefficient (Wildman–Crippen LogP) is 6.30. The summed E-state index contributed by atoms with van der Waals surface area (Å²) in [7, 11) is 0. The molecule has 1 amide bonds. The molecule has 1 saturated heterocycles. The van der Waals surface area contributed by atoms with Crippen molar-refractivity contribution in [2.75, 3.05) is 16.4 Å². The molecular formula is C25H27IN2OS. The third-order valence-electron chi connectivity index (χ3n) is 5.77. The highest BCUT2D eigenvalue weighted by atomic mass is 127. The highest BCUT2D eigenvalue weighted by Crippen LogP contribution is 2.47. The molecule has 4 rings (SSSR count). The predicted molar refractivity (Wildman–Crippen MR) is 135 cm³/mol. The smallest absolute Gasteiger partial charge is 0.258 e. The van der Waals surface area contributed by atoms with Crippen molar-refractivity contribution in [1.82, 2.24) is 4.98 Å². The first-order chi connectivity index (χ1) is 14.4. The minimum absolute atomic E-state index is 0.171. The Balaban J connectivity index is 1.79. The quantitative estimate of drug-likeness (QED) is 0.345. The zero-order chi connectivity index (χ0) is 21.3. The summed E-state index contributed by atoms with van der Waals surface area (Å²) >= 11 is 4.37. The lowest BCUT2D eigenvalue weighted by Crippen LogP contribution is -2.27. The van der Waals surface area contributed by atoms with Crippen molar-refractivity contribution in [3.63, 3.8) is 0 Å². The van der Waals surface area contributed by atoms with Gasteiger partial charge in [-0.05, 0) is 127 Å². The molecule has 2 aliphatic rings. The van der Waals surface area contributed by atoms with Gasteiger partial charge in [-0.25, -0.2) is 4.98 Å². The van der Waals surface area contributed by atoms with Gasteiger partial charge in [-0.3, -0.25) is 9.69 Å². The normalized spacial score (nSPS) is 16.7. The third kappa shape index (κ3) is 4.86. The fourth-order valence-electron chi connectivity index (χ4n) is 3.92. The maximum Gasteiger partial charge on any atom is 0.308 e. The number of aryl methyl sites for hydroxylation is 3. The van der Waals surface area contributed by atoms with Crippen LogP contribution in [0.25, 0.3) is 0 Å². The Kier molecular flexibility index (Phi) is 6.74. The SMILES string of the molecule is Cc1cnc(N(C(=O)C#CC2CCSCC2)c2cc(C)c(I)cc2C2CC2)c(C)c1. The molecule has 0 bridgehead atoms. The molecule has 156 valence electrons. The molecule has 1 aromatic heterocycles. The van der Waals surface area contributed by atoms with E-state index in [4.69, 9.17) is 0 Å². The first-order valence-corrected chi connectivity index (χ1v) is 12.8. The second-order valence-electron chi connectivity index (χ2n) is 8.38. The van der Waals surface area contributed by atoms with Crippen LogP contribution in [0.4, 0.5) is 11.5 Å². The van der Waals surface area contributed by atoms with Crippen molar-refractivity contribution in [2.45, 2.75) is 52.4 Å². The molecule has 0 spiro atoms. The lowest BCUT2D eigenvalue weighted by Gasteiger charge is -2.25. The zero-order valence-corrected chi connectivity index (χ0v) is 20.8.